The lowest BCUT2D eigenvalue weighted by Crippen LogP contribution is -2.60. The summed E-state index contributed by atoms with van der Waals surface area (Å²) in [6.07, 6.45) is 3.61. The first-order valence-corrected chi connectivity index (χ1v) is 9.09. The van der Waals surface area contributed by atoms with Crippen LogP contribution in [0.25, 0.3) is 10.9 Å². The minimum Gasteiger partial charge on any atom is -0.396 e. The summed E-state index contributed by atoms with van der Waals surface area (Å²) in [5.74, 6) is -0.260. The molecule has 2 amide bonds. The van der Waals surface area contributed by atoms with Crippen LogP contribution < -0.4 is 5.32 Å². The van der Waals surface area contributed by atoms with E-state index >= 15 is 0 Å². The van der Waals surface area contributed by atoms with Gasteiger partial charge in [0.05, 0.1) is 23.6 Å². The highest BCUT2D eigenvalue weighted by Crippen LogP contribution is 2.45. The van der Waals surface area contributed by atoms with Crippen LogP contribution in [-0.2, 0) is 4.79 Å². The van der Waals surface area contributed by atoms with Crippen molar-refractivity contribution in [2.24, 2.45) is 11.8 Å². The number of hydrogen-bond acceptors (Lipinski definition) is 4. The molecule has 4 rings (SSSR count). The summed E-state index contributed by atoms with van der Waals surface area (Å²) in [6, 6.07) is 9.36. The fourth-order valence-electron chi connectivity index (χ4n) is 4.11. The van der Waals surface area contributed by atoms with Gasteiger partial charge in [0.15, 0.2) is 0 Å². The van der Waals surface area contributed by atoms with Crippen LogP contribution in [0, 0.1) is 11.8 Å². The number of aliphatic hydroxyl groups excluding tert-OH is 1. The quantitative estimate of drug-likeness (QED) is 0.874. The zero-order valence-electron chi connectivity index (χ0n) is 14.8. The fraction of sp³-hybridized carbons (Fsp3) is 0.450. The Kier molecular flexibility index (Phi) is 4.15. The first-order chi connectivity index (χ1) is 12.5. The lowest BCUT2D eigenvalue weighted by molar-refractivity contribution is -0.135. The number of fused-ring (bicyclic) bond motifs is 2. The van der Waals surface area contributed by atoms with E-state index in [-0.39, 0.29) is 24.0 Å². The molecular weight excluding hydrogens is 330 g/mol. The van der Waals surface area contributed by atoms with E-state index in [4.69, 9.17) is 0 Å². The van der Waals surface area contributed by atoms with Gasteiger partial charge in [-0.3, -0.25) is 14.6 Å². The highest BCUT2D eigenvalue weighted by atomic mass is 16.3. The Hall–Kier alpha value is -2.47. The number of likely N-dealkylation sites (tertiary alicyclic amines) is 1. The third-order valence-corrected chi connectivity index (χ3v) is 5.87. The van der Waals surface area contributed by atoms with Crippen molar-refractivity contribution >= 4 is 22.7 Å². The number of aliphatic hydroxyl groups is 1. The third kappa shape index (κ3) is 2.74. The summed E-state index contributed by atoms with van der Waals surface area (Å²) in [5.41, 5.74) is 1.05. The molecule has 2 aromatic rings. The molecule has 2 aliphatic rings. The van der Waals surface area contributed by atoms with Crippen LogP contribution in [0.4, 0.5) is 0 Å². The van der Waals surface area contributed by atoms with Crippen molar-refractivity contribution < 1.29 is 14.7 Å². The largest absolute Gasteiger partial charge is 0.396 e. The molecule has 1 saturated carbocycles. The van der Waals surface area contributed by atoms with Crippen LogP contribution in [0.1, 0.15) is 30.1 Å². The molecule has 2 heterocycles. The number of aromatic nitrogens is 1. The Labute approximate surface area is 152 Å². The zero-order chi connectivity index (χ0) is 18.3. The number of nitrogens with zero attached hydrogens (tertiary/aromatic N) is 2. The molecule has 2 fully saturated rings. The monoisotopic (exact) mass is 353 g/mol. The Morgan fingerprint density at radius 2 is 2.27 bits per heavy atom. The van der Waals surface area contributed by atoms with Gasteiger partial charge in [0.2, 0.25) is 5.91 Å². The minimum absolute atomic E-state index is 0.0366. The van der Waals surface area contributed by atoms with Crippen molar-refractivity contribution in [2.45, 2.75) is 25.3 Å². The molecule has 0 spiro atoms. The summed E-state index contributed by atoms with van der Waals surface area (Å²) in [6.45, 7) is 2.76. The third-order valence-electron chi connectivity index (χ3n) is 5.87. The second-order valence-electron chi connectivity index (χ2n) is 7.56. The number of carbonyl (C=O) groups excluding carboxylic acids is 2. The molecule has 2 N–H and O–H groups in total. The summed E-state index contributed by atoms with van der Waals surface area (Å²) < 4.78 is 0. The average molecular weight is 353 g/mol. The Morgan fingerprint density at radius 3 is 3.00 bits per heavy atom. The molecule has 1 aromatic carbocycles. The van der Waals surface area contributed by atoms with Crippen molar-refractivity contribution in [1.82, 2.24) is 15.2 Å². The van der Waals surface area contributed by atoms with Gasteiger partial charge in [-0.2, -0.15) is 0 Å². The standard InChI is InChI=1S/C20H23N3O3/c1-13(11-24)19(26)23-10-16-6-7-20(16,12-23)22-18(25)15-5-4-14-3-2-8-21-17(14)9-15/h2-5,8-9,13,16,24H,6-7,10-12H2,1H3,(H,22,25)/t13?,16-,20-/m0/s1. The maximum absolute atomic E-state index is 12.8. The maximum atomic E-state index is 12.8. The van der Waals surface area contributed by atoms with Gasteiger partial charge in [0.1, 0.15) is 0 Å². The molecule has 6 heteroatoms. The lowest BCUT2D eigenvalue weighted by atomic mass is 9.69. The van der Waals surface area contributed by atoms with E-state index in [9.17, 15) is 14.7 Å². The van der Waals surface area contributed by atoms with Crippen LogP contribution in [0.2, 0.25) is 0 Å². The van der Waals surface area contributed by atoms with E-state index in [1.165, 1.54) is 0 Å². The summed E-state index contributed by atoms with van der Waals surface area (Å²) in [5, 5.41) is 13.4. The molecule has 1 aliphatic heterocycles. The van der Waals surface area contributed by atoms with E-state index in [0.29, 0.717) is 24.6 Å². The van der Waals surface area contributed by atoms with Gasteiger partial charge in [-0.05, 0) is 31.0 Å². The fourth-order valence-corrected chi connectivity index (χ4v) is 4.11. The molecule has 3 atom stereocenters. The van der Waals surface area contributed by atoms with E-state index in [0.717, 1.165) is 23.7 Å². The van der Waals surface area contributed by atoms with Crippen LogP contribution in [0.5, 0.6) is 0 Å². The number of benzene rings is 1. The van der Waals surface area contributed by atoms with Crippen LogP contribution in [-0.4, -0.2) is 52.0 Å². The van der Waals surface area contributed by atoms with Crippen LogP contribution >= 0.6 is 0 Å². The second kappa shape index (κ2) is 6.36. The summed E-state index contributed by atoms with van der Waals surface area (Å²) in [7, 11) is 0. The first kappa shape index (κ1) is 17.0. The smallest absolute Gasteiger partial charge is 0.251 e. The highest BCUT2D eigenvalue weighted by Gasteiger charge is 2.55. The second-order valence-corrected chi connectivity index (χ2v) is 7.56. The number of nitrogens with one attached hydrogen (secondary N) is 1. The lowest BCUT2D eigenvalue weighted by Gasteiger charge is -2.44. The topological polar surface area (TPSA) is 82.5 Å². The molecule has 1 unspecified atom stereocenters. The number of hydrogen-bond donors (Lipinski definition) is 2. The molecule has 0 radical (unpaired) electrons. The van der Waals surface area contributed by atoms with E-state index < -0.39 is 5.92 Å². The molecule has 1 saturated heterocycles. The Morgan fingerprint density at radius 1 is 1.42 bits per heavy atom. The van der Waals surface area contributed by atoms with Gasteiger partial charge in [-0.25, -0.2) is 0 Å². The first-order valence-electron chi connectivity index (χ1n) is 9.09. The Balaban J connectivity index is 1.51. The predicted molar refractivity (Wildman–Crippen MR) is 97.5 cm³/mol. The maximum Gasteiger partial charge on any atom is 0.251 e. The van der Waals surface area contributed by atoms with Crippen molar-refractivity contribution in [3.63, 3.8) is 0 Å². The van der Waals surface area contributed by atoms with Gasteiger partial charge in [-0.1, -0.05) is 19.1 Å². The van der Waals surface area contributed by atoms with Gasteiger partial charge in [0, 0.05) is 36.2 Å². The number of amides is 2. The number of carbonyl (C=O) groups is 2. The van der Waals surface area contributed by atoms with Gasteiger partial charge < -0.3 is 15.3 Å². The molecule has 0 bridgehead atoms. The van der Waals surface area contributed by atoms with Crippen molar-refractivity contribution in [1.29, 1.82) is 0 Å². The SMILES string of the molecule is CC(CO)C(=O)N1C[C@@H]2CC[C@]2(NC(=O)c2ccc3cccnc3c2)C1. The molecule has 136 valence electrons. The van der Waals surface area contributed by atoms with Crippen molar-refractivity contribution in [2.75, 3.05) is 19.7 Å². The van der Waals surface area contributed by atoms with E-state index in [1.807, 2.05) is 24.3 Å². The number of rotatable bonds is 4. The summed E-state index contributed by atoms with van der Waals surface area (Å²) >= 11 is 0. The Bertz CT molecular complexity index is 868. The van der Waals surface area contributed by atoms with Crippen molar-refractivity contribution in [3.8, 4) is 0 Å². The zero-order valence-corrected chi connectivity index (χ0v) is 14.8. The molecule has 6 nitrogen and oxygen atoms in total. The summed E-state index contributed by atoms with van der Waals surface area (Å²) in [4.78, 5) is 31.3. The van der Waals surface area contributed by atoms with Crippen molar-refractivity contribution in [3.05, 3.63) is 42.1 Å². The molecule has 1 aromatic heterocycles. The number of pyridine rings is 1. The van der Waals surface area contributed by atoms with Gasteiger partial charge in [0.25, 0.3) is 5.91 Å². The van der Waals surface area contributed by atoms with Crippen LogP contribution in [0.15, 0.2) is 36.5 Å². The minimum atomic E-state index is -0.396. The molecule has 1 aliphatic carbocycles. The average Bonchev–Trinajstić information content (AvgIpc) is 2.91. The van der Waals surface area contributed by atoms with E-state index in [1.54, 1.807) is 24.1 Å². The molecule has 26 heavy (non-hydrogen) atoms. The molecular formula is C20H23N3O3. The predicted octanol–water partition coefficient (Wildman–Crippen LogP) is 1.58. The highest BCUT2D eigenvalue weighted by molar-refractivity contribution is 5.98. The van der Waals surface area contributed by atoms with E-state index in [2.05, 4.69) is 10.3 Å². The van der Waals surface area contributed by atoms with Gasteiger partial charge in [-0.15, -0.1) is 0 Å². The van der Waals surface area contributed by atoms with Gasteiger partial charge >= 0.3 is 0 Å². The van der Waals surface area contributed by atoms with Crippen LogP contribution in [0.3, 0.4) is 0 Å². The normalized spacial score (nSPS) is 25.5.